The number of carbonyl (C=O) groups excluding carboxylic acids is 1. The molecule has 0 aromatic carbocycles. The van der Waals surface area contributed by atoms with E-state index in [0.29, 0.717) is 6.42 Å². The van der Waals surface area contributed by atoms with E-state index < -0.39 is 5.60 Å². The quantitative estimate of drug-likeness (QED) is 0.228. The number of ether oxygens (including phenoxy) is 1. The molecule has 1 atom stereocenters. The van der Waals surface area contributed by atoms with Gasteiger partial charge in [-0.15, -0.1) is 0 Å². The van der Waals surface area contributed by atoms with Gasteiger partial charge in [-0.05, 0) is 39.1 Å². The number of hydrogen-bond donors (Lipinski definition) is 0. The lowest BCUT2D eigenvalue weighted by atomic mass is 10.1. The van der Waals surface area contributed by atoms with E-state index in [2.05, 4.69) is 10.0 Å². The summed E-state index contributed by atoms with van der Waals surface area (Å²) in [6.07, 6.45) is 2.90. The first-order valence-electron chi connectivity index (χ1n) is 5.61. The molecule has 5 nitrogen and oxygen atoms in total. The molecule has 0 spiro atoms. The van der Waals surface area contributed by atoms with Crippen LogP contribution in [0.5, 0.6) is 0 Å². The molecule has 0 aliphatic rings. The number of esters is 1. The molecule has 16 heavy (non-hydrogen) atoms. The predicted molar refractivity (Wildman–Crippen MR) is 62.9 cm³/mol. The van der Waals surface area contributed by atoms with Crippen LogP contribution in [0, 0.1) is 0 Å². The van der Waals surface area contributed by atoms with Gasteiger partial charge in [-0.3, -0.25) is 4.79 Å². The molecule has 0 aliphatic heterocycles. The van der Waals surface area contributed by atoms with Gasteiger partial charge in [0.15, 0.2) is 0 Å². The molecule has 5 heteroatoms. The normalized spacial score (nSPS) is 12.8. The minimum atomic E-state index is -0.407. The first-order valence-corrected chi connectivity index (χ1v) is 5.61. The number of rotatable bonds is 6. The SMILES string of the molecule is CC(CCCCC(=O)OC(C)(C)C)N=[N+]=[N-]. The summed E-state index contributed by atoms with van der Waals surface area (Å²) in [6, 6.07) is 0.00337. The average Bonchev–Trinajstić information content (AvgIpc) is 2.10. The minimum absolute atomic E-state index is 0.00337. The third kappa shape index (κ3) is 9.34. The molecular formula is C11H21N3O2. The summed E-state index contributed by atoms with van der Waals surface area (Å²) in [7, 11) is 0. The van der Waals surface area contributed by atoms with E-state index in [9.17, 15) is 4.79 Å². The molecule has 0 aliphatic carbocycles. The van der Waals surface area contributed by atoms with Crippen LogP contribution in [0.2, 0.25) is 0 Å². The van der Waals surface area contributed by atoms with Crippen LogP contribution in [0.4, 0.5) is 0 Å². The fourth-order valence-electron chi connectivity index (χ4n) is 1.25. The Hall–Kier alpha value is -1.22. The van der Waals surface area contributed by atoms with Crippen LogP contribution in [-0.4, -0.2) is 17.6 Å². The maximum absolute atomic E-state index is 11.3. The second kappa shape index (κ2) is 7.12. The Morgan fingerprint density at radius 2 is 2.06 bits per heavy atom. The van der Waals surface area contributed by atoms with Crippen LogP contribution in [0.15, 0.2) is 5.11 Å². The second-order valence-corrected chi connectivity index (χ2v) is 4.89. The molecule has 0 saturated heterocycles. The molecule has 0 fully saturated rings. The van der Waals surface area contributed by atoms with Crippen LogP contribution < -0.4 is 0 Å². The molecule has 0 rings (SSSR count). The highest BCUT2D eigenvalue weighted by Crippen LogP contribution is 2.11. The van der Waals surface area contributed by atoms with E-state index in [4.69, 9.17) is 10.3 Å². The highest BCUT2D eigenvalue weighted by Gasteiger charge is 2.15. The van der Waals surface area contributed by atoms with Crippen molar-refractivity contribution in [3.8, 4) is 0 Å². The van der Waals surface area contributed by atoms with Crippen molar-refractivity contribution in [3.63, 3.8) is 0 Å². The number of hydrogen-bond acceptors (Lipinski definition) is 3. The van der Waals surface area contributed by atoms with Gasteiger partial charge in [0.25, 0.3) is 0 Å². The van der Waals surface area contributed by atoms with Crippen LogP contribution in [0.3, 0.4) is 0 Å². The highest BCUT2D eigenvalue weighted by atomic mass is 16.6. The van der Waals surface area contributed by atoms with E-state index >= 15 is 0 Å². The number of unbranched alkanes of at least 4 members (excludes halogenated alkanes) is 1. The standard InChI is InChI=1S/C11H21N3O2/c1-9(13-14-12)7-5-6-8-10(15)16-11(2,3)4/h9H,5-8H2,1-4H3. The Bertz CT molecular complexity index is 265. The third-order valence-electron chi connectivity index (χ3n) is 1.92. The fraction of sp³-hybridized carbons (Fsp3) is 0.909. The van der Waals surface area contributed by atoms with Crippen LogP contribution in [0.25, 0.3) is 10.4 Å². The largest absolute Gasteiger partial charge is 0.460 e. The van der Waals surface area contributed by atoms with E-state index in [-0.39, 0.29) is 12.0 Å². The molecule has 0 saturated carbocycles. The van der Waals surface area contributed by atoms with Gasteiger partial charge in [0.2, 0.25) is 0 Å². The zero-order valence-electron chi connectivity index (χ0n) is 10.6. The Balaban J connectivity index is 3.59. The molecule has 0 aromatic heterocycles. The predicted octanol–water partition coefficient (Wildman–Crippen LogP) is 3.59. The van der Waals surface area contributed by atoms with Crippen LogP contribution in [-0.2, 0) is 9.53 Å². The van der Waals surface area contributed by atoms with Crippen molar-refractivity contribution in [1.82, 2.24) is 0 Å². The van der Waals surface area contributed by atoms with Crippen LogP contribution in [0.1, 0.15) is 53.4 Å². The van der Waals surface area contributed by atoms with Crippen molar-refractivity contribution in [3.05, 3.63) is 10.4 Å². The van der Waals surface area contributed by atoms with Gasteiger partial charge in [0.1, 0.15) is 5.60 Å². The molecule has 92 valence electrons. The lowest BCUT2D eigenvalue weighted by Crippen LogP contribution is -2.23. The van der Waals surface area contributed by atoms with Crippen molar-refractivity contribution in [1.29, 1.82) is 0 Å². The van der Waals surface area contributed by atoms with Crippen molar-refractivity contribution in [2.45, 2.75) is 65.0 Å². The molecule has 0 bridgehead atoms. The van der Waals surface area contributed by atoms with E-state index in [1.54, 1.807) is 0 Å². The average molecular weight is 227 g/mol. The summed E-state index contributed by atoms with van der Waals surface area (Å²) in [4.78, 5) is 14.1. The summed E-state index contributed by atoms with van der Waals surface area (Å²) in [5, 5.41) is 3.57. The topological polar surface area (TPSA) is 75.1 Å². The first-order chi connectivity index (χ1) is 7.35. The Morgan fingerprint density at radius 3 is 2.56 bits per heavy atom. The highest BCUT2D eigenvalue weighted by molar-refractivity contribution is 5.69. The monoisotopic (exact) mass is 227 g/mol. The van der Waals surface area contributed by atoms with Gasteiger partial charge in [-0.2, -0.15) is 0 Å². The Morgan fingerprint density at radius 1 is 1.44 bits per heavy atom. The molecule has 1 unspecified atom stereocenters. The molecule has 0 radical (unpaired) electrons. The van der Waals surface area contributed by atoms with E-state index in [0.717, 1.165) is 19.3 Å². The number of carbonyl (C=O) groups is 1. The minimum Gasteiger partial charge on any atom is -0.460 e. The van der Waals surface area contributed by atoms with E-state index in [1.807, 2.05) is 27.7 Å². The molecule has 0 N–H and O–H groups in total. The second-order valence-electron chi connectivity index (χ2n) is 4.89. The summed E-state index contributed by atoms with van der Waals surface area (Å²) in [5.41, 5.74) is 7.79. The lowest BCUT2D eigenvalue weighted by molar-refractivity contribution is -0.154. The van der Waals surface area contributed by atoms with Gasteiger partial charge in [0, 0.05) is 17.4 Å². The van der Waals surface area contributed by atoms with Gasteiger partial charge < -0.3 is 4.74 Å². The summed E-state index contributed by atoms with van der Waals surface area (Å²) >= 11 is 0. The van der Waals surface area contributed by atoms with Crippen molar-refractivity contribution in [2.24, 2.45) is 5.11 Å². The molecule has 0 aromatic rings. The summed E-state index contributed by atoms with van der Waals surface area (Å²) < 4.78 is 5.17. The lowest BCUT2D eigenvalue weighted by Gasteiger charge is -2.19. The van der Waals surface area contributed by atoms with E-state index in [1.165, 1.54) is 0 Å². The van der Waals surface area contributed by atoms with Gasteiger partial charge in [-0.1, -0.05) is 18.5 Å². The Kier molecular flexibility index (Phi) is 6.58. The maximum atomic E-state index is 11.3. The number of azide groups is 1. The van der Waals surface area contributed by atoms with Crippen LogP contribution >= 0.6 is 0 Å². The molecule has 0 amide bonds. The van der Waals surface area contributed by atoms with Crippen molar-refractivity contribution < 1.29 is 9.53 Å². The first kappa shape index (κ1) is 14.8. The summed E-state index contributed by atoms with van der Waals surface area (Å²) in [5.74, 6) is -0.163. The molecule has 0 heterocycles. The zero-order chi connectivity index (χ0) is 12.6. The van der Waals surface area contributed by atoms with Crippen molar-refractivity contribution in [2.75, 3.05) is 0 Å². The smallest absolute Gasteiger partial charge is 0.306 e. The maximum Gasteiger partial charge on any atom is 0.306 e. The van der Waals surface area contributed by atoms with Crippen molar-refractivity contribution >= 4 is 5.97 Å². The van der Waals surface area contributed by atoms with Gasteiger partial charge >= 0.3 is 5.97 Å². The zero-order valence-corrected chi connectivity index (χ0v) is 10.6. The fourth-order valence-corrected chi connectivity index (χ4v) is 1.25. The van der Waals surface area contributed by atoms with Gasteiger partial charge in [-0.25, -0.2) is 0 Å². The molecular weight excluding hydrogens is 206 g/mol. The summed E-state index contributed by atoms with van der Waals surface area (Å²) in [6.45, 7) is 7.44. The number of nitrogens with zero attached hydrogens (tertiary/aromatic N) is 3. The van der Waals surface area contributed by atoms with Gasteiger partial charge in [0.05, 0.1) is 0 Å². The third-order valence-corrected chi connectivity index (χ3v) is 1.92. The Labute approximate surface area is 96.8 Å².